The van der Waals surface area contributed by atoms with E-state index in [9.17, 15) is 5.11 Å². The molecule has 1 rings (SSSR count). The molecule has 0 saturated heterocycles. The van der Waals surface area contributed by atoms with Crippen molar-refractivity contribution >= 4 is 0 Å². The minimum absolute atomic E-state index is 0.176. The molecule has 0 aliphatic rings. The monoisotopic (exact) mass is 257 g/mol. The first-order valence-electron chi connectivity index (χ1n) is 6.61. The third-order valence-electron chi connectivity index (χ3n) is 2.89. The van der Waals surface area contributed by atoms with E-state index in [4.69, 9.17) is 0 Å². The maximum absolute atomic E-state index is 9.18. The van der Waals surface area contributed by atoms with Gasteiger partial charge in [-0.05, 0) is 18.1 Å². The van der Waals surface area contributed by atoms with Crippen LogP contribution in [0.25, 0.3) is 0 Å². The lowest BCUT2D eigenvalue weighted by Crippen LogP contribution is -2.28. The van der Waals surface area contributed by atoms with Crippen molar-refractivity contribution in [1.29, 1.82) is 0 Å². The highest BCUT2D eigenvalue weighted by molar-refractivity contribution is 5.23. The number of aliphatic hydroxyl groups excluding tert-OH is 1. The first-order valence-corrected chi connectivity index (χ1v) is 6.61. The SMILES string of the molecule is C=CC=CC(=CC)CN(CCO)Cc1ccccc1. The summed E-state index contributed by atoms with van der Waals surface area (Å²) < 4.78 is 0. The Morgan fingerprint density at radius 3 is 2.63 bits per heavy atom. The average Bonchev–Trinajstić information content (AvgIpc) is 2.44. The van der Waals surface area contributed by atoms with E-state index in [2.05, 4.69) is 35.8 Å². The number of allylic oxidation sites excluding steroid dienone is 3. The fourth-order valence-electron chi connectivity index (χ4n) is 1.89. The predicted octanol–water partition coefficient (Wildman–Crippen LogP) is 3.17. The minimum Gasteiger partial charge on any atom is -0.395 e. The van der Waals surface area contributed by atoms with Crippen molar-refractivity contribution in [3.8, 4) is 0 Å². The van der Waals surface area contributed by atoms with Crippen molar-refractivity contribution in [2.75, 3.05) is 19.7 Å². The third kappa shape index (κ3) is 6.18. The zero-order valence-corrected chi connectivity index (χ0v) is 11.6. The largest absolute Gasteiger partial charge is 0.395 e. The van der Waals surface area contributed by atoms with Crippen molar-refractivity contribution < 1.29 is 5.11 Å². The second kappa shape index (κ2) is 9.31. The van der Waals surface area contributed by atoms with Crippen molar-refractivity contribution in [2.24, 2.45) is 0 Å². The number of aliphatic hydroxyl groups is 1. The van der Waals surface area contributed by atoms with E-state index in [1.807, 2.05) is 31.2 Å². The van der Waals surface area contributed by atoms with Gasteiger partial charge in [-0.3, -0.25) is 4.90 Å². The Balaban J connectivity index is 2.66. The highest BCUT2D eigenvalue weighted by Crippen LogP contribution is 2.08. The van der Waals surface area contributed by atoms with Crippen LogP contribution in [0.2, 0.25) is 0 Å². The van der Waals surface area contributed by atoms with E-state index < -0.39 is 0 Å². The van der Waals surface area contributed by atoms with Gasteiger partial charge in [-0.15, -0.1) is 0 Å². The van der Waals surface area contributed by atoms with Crippen molar-refractivity contribution in [1.82, 2.24) is 4.90 Å². The van der Waals surface area contributed by atoms with E-state index in [-0.39, 0.29) is 6.61 Å². The summed E-state index contributed by atoms with van der Waals surface area (Å²) in [6.45, 7) is 8.24. The van der Waals surface area contributed by atoms with E-state index >= 15 is 0 Å². The van der Waals surface area contributed by atoms with Crippen LogP contribution >= 0.6 is 0 Å². The third-order valence-corrected chi connectivity index (χ3v) is 2.89. The lowest BCUT2D eigenvalue weighted by Gasteiger charge is -2.22. The standard InChI is InChI=1S/C17H23NO/c1-3-5-9-16(4-2)14-18(12-13-19)15-17-10-7-6-8-11-17/h3-11,19H,1,12-15H2,2H3. The Morgan fingerprint density at radius 2 is 2.05 bits per heavy atom. The van der Waals surface area contributed by atoms with Crippen LogP contribution in [0.5, 0.6) is 0 Å². The summed E-state index contributed by atoms with van der Waals surface area (Å²) in [5, 5.41) is 9.18. The molecular formula is C17H23NO. The average molecular weight is 257 g/mol. The molecule has 0 atom stereocenters. The molecule has 0 amide bonds. The molecular weight excluding hydrogens is 234 g/mol. The number of hydrogen-bond acceptors (Lipinski definition) is 2. The molecule has 2 heteroatoms. The van der Waals surface area contributed by atoms with Gasteiger partial charge in [-0.1, -0.05) is 61.2 Å². The Hall–Kier alpha value is -1.64. The molecule has 0 fully saturated rings. The van der Waals surface area contributed by atoms with Crippen LogP contribution < -0.4 is 0 Å². The molecule has 0 aromatic heterocycles. The molecule has 1 aromatic rings. The smallest absolute Gasteiger partial charge is 0.0558 e. The molecule has 0 heterocycles. The Bertz CT molecular complexity index is 420. The number of benzene rings is 1. The summed E-state index contributed by atoms with van der Waals surface area (Å²) in [4.78, 5) is 2.23. The van der Waals surface area contributed by atoms with Crippen molar-refractivity contribution in [3.63, 3.8) is 0 Å². The molecule has 0 bridgehead atoms. The zero-order chi connectivity index (χ0) is 13.9. The lowest BCUT2D eigenvalue weighted by atomic mass is 10.1. The highest BCUT2D eigenvalue weighted by atomic mass is 16.3. The van der Waals surface area contributed by atoms with E-state index in [0.29, 0.717) is 6.54 Å². The summed E-state index contributed by atoms with van der Waals surface area (Å²) in [5.74, 6) is 0. The van der Waals surface area contributed by atoms with Gasteiger partial charge < -0.3 is 5.11 Å². The Kier molecular flexibility index (Phi) is 7.56. The normalized spacial score (nSPS) is 12.3. The quantitative estimate of drug-likeness (QED) is 0.723. The summed E-state index contributed by atoms with van der Waals surface area (Å²) in [6, 6.07) is 10.3. The predicted molar refractivity (Wildman–Crippen MR) is 81.9 cm³/mol. The molecule has 0 radical (unpaired) electrons. The molecule has 0 unspecified atom stereocenters. The molecule has 0 spiro atoms. The highest BCUT2D eigenvalue weighted by Gasteiger charge is 2.06. The zero-order valence-electron chi connectivity index (χ0n) is 11.6. The molecule has 0 aliphatic carbocycles. The van der Waals surface area contributed by atoms with Gasteiger partial charge in [0.2, 0.25) is 0 Å². The van der Waals surface area contributed by atoms with Crippen molar-refractivity contribution in [2.45, 2.75) is 13.5 Å². The number of hydrogen-bond donors (Lipinski definition) is 1. The van der Waals surface area contributed by atoms with Gasteiger partial charge in [0.05, 0.1) is 6.61 Å². The topological polar surface area (TPSA) is 23.5 Å². The van der Waals surface area contributed by atoms with Crippen LogP contribution in [-0.4, -0.2) is 29.7 Å². The maximum Gasteiger partial charge on any atom is 0.0558 e. The summed E-state index contributed by atoms with van der Waals surface area (Å²) in [5.41, 5.74) is 2.49. The molecule has 102 valence electrons. The second-order valence-electron chi connectivity index (χ2n) is 4.38. The Labute approximate surface area is 116 Å². The fraction of sp³-hybridized carbons (Fsp3) is 0.294. The van der Waals surface area contributed by atoms with Gasteiger partial charge in [0.1, 0.15) is 0 Å². The van der Waals surface area contributed by atoms with Crippen LogP contribution in [0.1, 0.15) is 12.5 Å². The van der Waals surface area contributed by atoms with E-state index in [1.54, 1.807) is 6.08 Å². The van der Waals surface area contributed by atoms with Gasteiger partial charge in [-0.25, -0.2) is 0 Å². The lowest BCUT2D eigenvalue weighted by molar-refractivity contribution is 0.201. The van der Waals surface area contributed by atoms with Gasteiger partial charge in [-0.2, -0.15) is 0 Å². The van der Waals surface area contributed by atoms with Crippen LogP contribution in [0, 0.1) is 0 Å². The van der Waals surface area contributed by atoms with Gasteiger partial charge in [0.25, 0.3) is 0 Å². The van der Waals surface area contributed by atoms with Crippen LogP contribution in [-0.2, 0) is 6.54 Å². The first-order chi connectivity index (χ1) is 9.30. The number of rotatable bonds is 8. The summed E-state index contributed by atoms with van der Waals surface area (Å²) in [7, 11) is 0. The minimum atomic E-state index is 0.176. The van der Waals surface area contributed by atoms with Gasteiger partial charge in [0, 0.05) is 19.6 Å². The maximum atomic E-state index is 9.18. The molecule has 2 nitrogen and oxygen atoms in total. The molecule has 1 aromatic carbocycles. The molecule has 1 N–H and O–H groups in total. The van der Waals surface area contributed by atoms with Crippen LogP contribution in [0.4, 0.5) is 0 Å². The van der Waals surface area contributed by atoms with Gasteiger partial charge >= 0.3 is 0 Å². The summed E-state index contributed by atoms with van der Waals surface area (Å²) >= 11 is 0. The summed E-state index contributed by atoms with van der Waals surface area (Å²) in [6.07, 6.45) is 7.86. The first kappa shape index (κ1) is 15.4. The van der Waals surface area contributed by atoms with Crippen molar-refractivity contribution in [3.05, 3.63) is 72.4 Å². The van der Waals surface area contributed by atoms with Crippen LogP contribution in [0.15, 0.2) is 66.8 Å². The van der Waals surface area contributed by atoms with Crippen LogP contribution in [0.3, 0.4) is 0 Å². The molecule has 0 saturated carbocycles. The van der Waals surface area contributed by atoms with E-state index in [0.717, 1.165) is 13.1 Å². The van der Waals surface area contributed by atoms with E-state index in [1.165, 1.54) is 11.1 Å². The Morgan fingerprint density at radius 1 is 1.32 bits per heavy atom. The number of nitrogens with zero attached hydrogens (tertiary/aromatic N) is 1. The fourth-order valence-corrected chi connectivity index (χ4v) is 1.89. The second-order valence-corrected chi connectivity index (χ2v) is 4.38. The van der Waals surface area contributed by atoms with Gasteiger partial charge in [0.15, 0.2) is 0 Å². The molecule has 0 aliphatic heterocycles. The molecule has 19 heavy (non-hydrogen) atoms.